The van der Waals surface area contributed by atoms with Gasteiger partial charge in [-0.1, -0.05) is 24.3 Å². The number of ether oxygens (including phenoxy) is 1. The molecular formula is C26H35F3N2O2. The van der Waals surface area contributed by atoms with Crippen LogP contribution in [0.2, 0.25) is 0 Å². The van der Waals surface area contributed by atoms with Gasteiger partial charge in [0.2, 0.25) is 0 Å². The molecule has 0 amide bonds. The third-order valence-corrected chi connectivity index (χ3v) is 6.74. The number of piperidine rings is 1. The van der Waals surface area contributed by atoms with Crippen LogP contribution in [0.5, 0.6) is 5.75 Å². The second-order valence-electron chi connectivity index (χ2n) is 9.03. The molecule has 1 fully saturated rings. The van der Waals surface area contributed by atoms with Crippen LogP contribution in [0.3, 0.4) is 0 Å². The molecule has 0 aromatic heterocycles. The lowest BCUT2D eigenvalue weighted by molar-refractivity contribution is -0.137. The number of likely N-dealkylation sites (tertiary alicyclic amines) is 1. The van der Waals surface area contributed by atoms with Gasteiger partial charge in [-0.15, -0.1) is 0 Å². The number of rotatable bonds is 9. The number of aryl methyl sites for hydroxylation is 1. The molecule has 4 nitrogen and oxygen atoms in total. The lowest BCUT2D eigenvalue weighted by atomic mass is 9.87. The number of hydrogen-bond acceptors (Lipinski definition) is 4. The molecule has 2 N–H and O–H groups in total. The number of methoxy groups -OCH3 is 1. The van der Waals surface area contributed by atoms with Gasteiger partial charge in [-0.05, 0) is 93.0 Å². The number of phenols is 1. The van der Waals surface area contributed by atoms with Crippen molar-refractivity contribution in [2.75, 3.05) is 33.8 Å². The summed E-state index contributed by atoms with van der Waals surface area (Å²) in [4.78, 5) is 2.31. The lowest BCUT2D eigenvalue weighted by Crippen LogP contribution is -2.33. The van der Waals surface area contributed by atoms with Gasteiger partial charge in [0.05, 0.1) is 11.7 Å². The Bertz CT molecular complexity index is 892. The second-order valence-corrected chi connectivity index (χ2v) is 9.03. The highest BCUT2D eigenvalue weighted by molar-refractivity contribution is 5.46. The number of nitrogens with zero attached hydrogens (tertiary/aromatic N) is 1. The van der Waals surface area contributed by atoms with Crippen molar-refractivity contribution < 1.29 is 23.0 Å². The number of benzene rings is 2. The van der Waals surface area contributed by atoms with Gasteiger partial charge in [-0.3, -0.25) is 4.90 Å². The zero-order valence-electron chi connectivity index (χ0n) is 19.7. The van der Waals surface area contributed by atoms with Crippen LogP contribution in [0.15, 0.2) is 36.4 Å². The number of aromatic hydroxyl groups is 1. The summed E-state index contributed by atoms with van der Waals surface area (Å²) in [6.07, 6.45) is -0.510. The van der Waals surface area contributed by atoms with Gasteiger partial charge in [0.15, 0.2) is 0 Å². The summed E-state index contributed by atoms with van der Waals surface area (Å²) in [5, 5.41) is 13.9. The van der Waals surface area contributed by atoms with E-state index in [0.29, 0.717) is 24.8 Å². The molecule has 1 saturated heterocycles. The van der Waals surface area contributed by atoms with Crippen LogP contribution in [-0.4, -0.2) is 43.8 Å². The van der Waals surface area contributed by atoms with Gasteiger partial charge in [0.1, 0.15) is 5.75 Å². The summed E-state index contributed by atoms with van der Waals surface area (Å²) in [5.74, 6) is 0.928. The average molecular weight is 465 g/mol. The molecular weight excluding hydrogens is 429 g/mol. The summed E-state index contributed by atoms with van der Waals surface area (Å²) in [7, 11) is 3.58. The third kappa shape index (κ3) is 6.71. The van der Waals surface area contributed by atoms with E-state index in [9.17, 15) is 18.3 Å². The van der Waals surface area contributed by atoms with Gasteiger partial charge in [-0.2, -0.15) is 13.2 Å². The molecule has 2 aromatic rings. The fourth-order valence-electron chi connectivity index (χ4n) is 4.68. The normalized spacial score (nSPS) is 16.8. The zero-order chi connectivity index (χ0) is 24.0. The minimum Gasteiger partial charge on any atom is -0.507 e. The fourth-order valence-corrected chi connectivity index (χ4v) is 4.68. The Labute approximate surface area is 194 Å². The van der Waals surface area contributed by atoms with Gasteiger partial charge < -0.3 is 15.2 Å². The number of nitrogens with one attached hydrogen (secondary N) is 1. The largest absolute Gasteiger partial charge is 0.507 e. The Hall–Kier alpha value is -2.09. The van der Waals surface area contributed by atoms with Crippen molar-refractivity contribution in [2.45, 2.75) is 51.4 Å². The highest BCUT2D eigenvalue weighted by Crippen LogP contribution is 2.34. The van der Waals surface area contributed by atoms with E-state index in [4.69, 9.17) is 4.74 Å². The molecule has 182 valence electrons. The highest BCUT2D eigenvalue weighted by Gasteiger charge is 2.30. The first kappa shape index (κ1) is 25.5. The van der Waals surface area contributed by atoms with Crippen molar-refractivity contribution in [1.82, 2.24) is 10.2 Å². The molecule has 33 heavy (non-hydrogen) atoms. The first-order chi connectivity index (χ1) is 15.7. The molecule has 0 unspecified atom stereocenters. The monoisotopic (exact) mass is 464 g/mol. The number of alkyl halides is 3. The maximum atomic E-state index is 12.8. The summed E-state index contributed by atoms with van der Waals surface area (Å²) in [5.41, 5.74) is 3.19. The number of halogens is 3. The summed E-state index contributed by atoms with van der Waals surface area (Å²) in [6, 6.07) is 9.48. The molecule has 0 saturated carbocycles. The van der Waals surface area contributed by atoms with E-state index in [-0.39, 0.29) is 6.10 Å². The molecule has 0 radical (unpaired) electrons. The predicted molar refractivity (Wildman–Crippen MR) is 124 cm³/mol. The van der Waals surface area contributed by atoms with Gasteiger partial charge in [0, 0.05) is 20.2 Å². The van der Waals surface area contributed by atoms with E-state index in [2.05, 4.69) is 16.3 Å². The van der Waals surface area contributed by atoms with Crippen molar-refractivity contribution >= 4 is 0 Å². The molecule has 1 atom stereocenters. The Morgan fingerprint density at radius 3 is 2.36 bits per heavy atom. The van der Waals surface area contributed by atoms with Crippen LogP contribution in [0, 0.1) is 12.8 Å². The lowest BCUT2D eigenvalue weighted by Gasteiger charge is -2.32. The maximum absolute atomic E-state index is 12.8. The molecule has 1 heterocycles. The maximum Gasteiger partial charge on any atom is 0.416 e. The average Bonchev–Trinajstić information content (AvgIpc) is 2.79. The summed E-state index contributed by atoms with van der Waals surface area (Å²) >= 11 is 0. The van der Waals surface area contributed by atoms with Gasteiger partial charge in [-0.25, -0.2) is 0 Å². The molecule has 2 aromatic carbocycles. The quantitative estimate of drug-likeness (QED) is 0.517. The summed E-state index contributed by atoms with van der Waals surface area (Å²) < 4.78 is 43.9. The zero-order valence-corrected chi connectivity index (χ0v) is 19.7. The summed E-state index contributed by atoms with van der Waals surface area (Å²) in [6.45, 7) is 5.13. The van der Waals surface area contributed by atoms with Crippen LogP contribution >= 0.6 is 0 Å². The minimum absolute atomic E-state index is 0.109. The van der Waals surface area contributed by atoms with Gasteiger partial charge >= 0.3 is 6.18 Å². The topological polar surface area (TPSA) is 44.7 Å². The van der Waals surface area contributed by atoms with Crippen LogP contribution in [0.4, 0.5) is 13.2 Å². The van der Waals surface area contributed by atoms with Crippen LogP contribution in [0.25, 0.3) is 0 Å². The van der Waals surface area contributed by atoms with Crippen LogP contribution in [0.1, 0.15) is 53.2 Å². The first-order valence-corrected chi connectivity index (χ1v) is 11.6. The standard InChI is InChI=1S/C26H35F3N2O2/c1-18-4-10-22(24(33-3)16-30-2)23(25(18)32)11-7-19-12-14-31(15-13-19)17-20-5-8-21(9-6-20)26(27,28)29/h4-6,8-10,19,24,30,32H,7,11-17H2,1-3H3/t24-/m0/s1. The Balaban J connectivity index is 1.55. The third-order valence-electron chi connectivity index (χ3n) is 6.74. The van der Waals surface area contributed by atoms with E-state index < -0.39 is 11.7 Å². The minimum atomic E-state index is -4.29. The Kier molecular flexibility index (Phi) is 8.79. The molecule has 7 heteroatoms. The van der Waals surface area contributed by atoms with E-state index in [1.807, 2.05) is 20.0 Å². The van der Waals surface area contributed by atoms with Crippen LogP contribution in [-0.2, 0) is 23.9 Å². The molecule has 0 aliphatic carbocycles. The van der Waals surface area contributed by atoms with Crippen LogP contribution < -0.4 is 5.32 Å². The van der Waals surface area contributed by atoms with E-state index in [1.54, 1.807) is 19.2 Å². The first-order valence-electron chi connectivity index (χ1n) is 11.6. The van der Waals surface area contributed by atoms with Crippen molar-refractivity contribution in [1.29, 1.82) is 0 Å². The fraction of sp³-hybridized carbons (Fsp3) is 0.538. The van der Waals surface area contributed by atoms with E-state index in [1.165, 1.54) is 0 Å². The molecule has 1 aliphatic heterocycles. The molecule has 0 bridgehead atoms. The second kappa shape index (κ2) is 11.4. The Morgan fingerprint density at radius 1 is 1.12 bits per heavy atom. The van der Waals surface area contributed by atoms with Crippen molar-refractivity contribution in [2.24, 2.45) is 5.92 Å². The highest BCUT2D eigenvalue weighted by atomic mass is 19.4. The van der Waals surface area contributed by atoms with Crippen molar-refractivity contribution in [3.63, 3.8) is 0 Å². The van der Waals surface area contributed by atoms with E-state index in [0.717, 1.165) is 73.2 Å². The number of phenolic OH excluding ortho intramolecular Hbond substituents is 1. The molecule has 1 aliphatic rings. The molecule has 0 spiro atoms. The van der Waals surface area contributed by atoms with Gasteiger partial charge in [0.25, 0.3) is 0 Å². The predicted octanol–water partition coefficient (Wildman–Crippen LogP) is 5.47. The van der Waals surface area contributed by atoms with Crippen molar-refractivity contribution in [3.05, 3.63) is 64.2 Å². The SMILES string of the molecule is CNC[C@H](OC)c1ccc(C)c(O)c1CCC1CCN(Cc2ccc(C(F)(F)F)cc2)CC1. The van der Waals surface area contributed by atoms with Crippen molar-refractivity contribution in [3.8, 4) is 5.75 Å². The molecule has 3 rings (SSSR count). The number of likely N-dealkylation sites (N-methyl/N-ethyl adjacent to an activating group) is 1. The Morgan fingerprint density at radius 2 is 1.79 bits per heavy atom. The number of hydrogen-bond donors (Lipinski definition) is 2. The smallest absolute Gasteiger partial charge is 0.416 e. The van der Waals surface area contributed by atoms with E-state index >= 15 is 0 Å².